The number of hydrogen-bond acceptors (Lipinski definition) is 2. The highest BCUT2D eigenvalue weighted by atomic mass is 19.3. The van der Waals surface area contributed by atoms with Crippen LogP contribution in [0.2, 0.25) is 0 Å². The Hall–Kier alpha value is -1.49. The zero-order valence-electron chi connectivity index (χ0n) is 7.98. The molecule has 82 valence electrons. The number of ether oxygens (including phenoxy) is 1. The van der Waals surface area contributed by atoms with E-state index in [0.29, 0.717) is 0 Å². The summed E-state index contributed by atoms with van der Waals surface area (Å²) in [5, 5.41) is 8.74. The van der Waals surface area contributed by atoms with Crippen molar-refractivity contribution < 1.29 is 23.4 Å². The lowest BCUT2D eigenvalue weighted by Crippen LogP contribution is -2.13. The number of benzene rings is 1. The first-order chi connectivity index (χ1) is 7.06. The highest BCUT2D eigenvalue weighted by molar-refractivity contribution is 5.74. The number of hydrogen-bond donors (Lipinski definition) is 1. The monoisotopic (exact) mass is 216 g/mol. The van der Waals surface area contributed by atoms with Crippen LogP contribution in [-0.2, 0) is 9.53 Å². The van der Waals surface area contributed by atoms with Crippen LogP contribution in [0.4, 0.5) is 8.78 Å². The zero-order valence-corrected chi connectivity index (χ0v) is 7.98. The maximum Gasteiger partial charge on any atom is 0.337 e. The van der Waals surface area contributed by atoms with E-state index in [1.165, 1.54) is 25.3 Å². The summed E-state index contributed by atoms with van der Waals surface area (Å²) in [6.07, 6.45) is -3.82. The highest BCUT2D eigenvalue weighted by Crippen LogP contribution is 2.24. The van der Waals surface area contributed by atoms with Gasteiger partial charge in [-0.2, -0.15) is 0 Å². The van der Waals surface area contributed by atoms with Crippen LogP contribution in [0.25, 0.3) is 0 Å². The number of methoxy groups -OCH3 is 1. The summed E-state index contributed by atoms with van der Waals surface area (Å²) in [6.45, 7) is 0. The van der Waals surface area contributed by atoms with Gasteiger partial charge in [0.1, 0.15) is 0 Å². The van der Waals surface area contributed by atoms with Gasteiger partial charge in [0.05, 0.1) is 0 Å². The van der Waals surface area contributed by atoms with Crippen LogP contribution >= 0.6 is 0 Å². The van der Waals surface area contributed by atoms with Crippen LogP contribution in [0.1, 0.15) is 23.7 Å². The minimum atomic E-state index is -2.61. The van der Waals surface area contributed by atoms with Gasteiger partial charge in [-0.15, -0.1) is 0 Å². The maximum atomic E-state index is 12.3. The van der Waals surface area contributed by atoms with E-state index in [2.05, 4.69) is 4.74 Å². The van der Waals surface area contributed by atoms with Crippen molar-refractivity contribution in [2.24, 2.45) is 0 Å². The molecule has 0 aliphatic heterocycles. The zero-order chi connectivity index (χ0) is 11.4. The standard InChI is InChI=1S/C10H10F2O3/c1-15-8(10(13)14)6-3-2-4-7(5-6)9(11)12/h2-5,8-9H,1H3,(H,13,14). The molecule has 0 amide bonds. The van der Waals surface area contributed by atoms with Crippen molar-refractivity contribution in [1.29, 1.82) is 0 Å². The smallest absolute Gasteiger partial charge is 0.337 e. The molecule has 0 aliphatic rings. The molecule has 0 heterocycles. The summed E-state index contributed by atoms with van der Waals surface area (Å²) in [5.74, 6) is -1.20. The van der Waals surface area contributed by atoms with Gasteiger partial charge in [-0.05, 0) is 11.6 Å². The number of carbonyl (C=O) groups is 1. The van der Waals surface area contributed by atoms with E-state index in [4.69, 9.17) is 5.11 Å². The predicted octanol–water partition coefficient (Wildman–Crippen LogP) is 2.40. The summed E-state index contributed by atoms with van der Waals surface area (Å²) in [6, 6.07) is 5.19. The lowest BCUT2D eigenvalue weighted by molar-refractivity contribution is -0.148. The van der Waals surface area contributed by atoms with Crippen LogP contribution < -0.4 is 0 Å². The third-order valence-corrected chi connectivity index (χ3v) is 1.93. The molecule has 1 aromatic carbocycles. The minimum absolute atomic E-state index is 0.211. The van der Waals surface area contributed by atoms with E-state index in [-0.39, 0.29) is 11.1 Å². The number of halogens is 2. The van der Waals surface area contributed by atoms with E-state index in [1.807, 2.05) is 0 Å². The quantitative estimate of drug-likeness (QED) is 0.840. The Kier molecular flexibility index (Phi) is 3.74. The molecule has 0 bridgehead atoms. The highest BCUT2D eigenvalue weighted by Gasteiger charge is 2.20. The van der Waals surface area contributed by atoms with Gasteiger partial charge in [0.25, 0.3) is 6.43 Å². The van der Waals surface area contributed by atoms with Gasteiger partial charge in [-0.1, -0.05) is 18.2 Å². The van der Waals surface area contributed by atoms with Gasteiger partial charge < -0.3 is 9.84 Å². The van der Waals surface area contributed by atoms with Crippen molar-refractivity contribution in [1.82, 2.24) is 0 Å². The van der Waals surface area contributed by atoms with Crippen molar-refractivity contribution in [2.75, 3.05) is 7.11 Å². The Morgan fingerprint density at radius 3 is 2.47 bits per heavy atom. The second-order valence-corrected chi connectivity index (χ2v) is 2.92. The van der Waals surface area contributed by atoms with Gasteiger partial charge in [0.2, 0.25) is 0 Å². The first-order valence-corrected chi connectivity index (χ1v) is 4.20. The fraction of sp³-hybridized carbons (Fsp3) is 0.300. The van der Waals surface area contributed by atoms with Gasteiger partial charge in [-0.25, -0.2) is 13.6 Å². The van der Waals surface area contributed by atoms with Crippen LogP contribution in [0.3, 0.4) is 0 Å². The van der Waals surface area contributed by atoms with Crippen molar-refractivity contribution >= 4 is 5.97 Å². The van der Waals surface area contributed by atoms with Gasteiger partial charge in [0, 0.05) is 12.7 Å². The van der Waals surface area contributed by atoms with E-state index < -0.39 is 18.5 Å². The molecule has 0 fully saturated rings. The normalized spacial score (nSPS) is 12.8. The van der Waals surface area contributed by atoms with Crippen LogP contribution in [0, 0.1) is 0 Å². The topological polar surface area (TPSA) is 46.5 Å². The van der Waals surface area contributed by atoms with Crippen LogP contribution in [0.15, 0.2) is 24.3 Å². The minimum Gasteiger partial charge on any atom is -0.479 e. The first-order valence-electron chi connectivity index (χ1n) is 4.20. The fourth-order valence-corrected chi connectivity index (χ4v) is 1.24. The summed E-state index contributed by atoms with van der Waals surface area (Å²) < 4.78 is 29.3. The molecule has 1 rings (SSSR count). The number of aliphatic carboxylic acids is 1. The maximum absolute atomic E-state index is 12.3. The molecule has 0 spiro atoms. The molecule has 3 nitrogen and oxygen atoms in total. The molecule has 1 atom stereocenters. The molecule has 0 aliphatic carbocycles. The van der Waals surface area contributed by atoms with Crippen molar-refractivity contribution in [3.8, 4) is 0 Å². The summed E-state index contributed by atoms with van der Waals surface area (Å²) >= 11 is 0. The Balaban J connectivity index is 3.03. The molecule has 1 aromatic rings. The lowest BCUT2D eigenvalue weighted by atomic mass is 10.1. The number of carboxylic acids is 1. The van der Waals surface area contributed by atoms with Gasteiger partial charge in [0.15, 0.2) is 6.10 Å². The van der Waals surface area contributed by atoms with Crippen molar-refractivity contribution in [2.45, 2.75) is 12.5 Å². The van der Waals surface area contributed by atoms with Gasteiger partial charge >= 0.3 is 5.97 Å². The molecule has 0 saturated heterocycles. The Labute approximate surface area is 85.3 Å². The molecule has 0 saturated carbocycles. The second-order valence-electron chi connectivity index (χ2n) is 2.92. The van der Waals surface area contributed by atoms with E-state index in [0.717, 1.165) is 6.07 Å². The SMILES string of the molecule is COC(C(=O)O)c1cccc(C(F)F)c1. The molecule has 5 heteroatoms. The Bertz CT molecular complexity index is 352. The van der Waals surface area contributed by atoms with E-state index in [1.54, 1.807) is 0 Å². The number of carboxylic acid groups (broad SMARTS) is 1. The second kappa shape index (κ2) is 4.84. The van der Waals surface area contributed by atoms with Crippen LogP contribution in [-0.4, -0.2) is 18.2 Å². The fourth-order valence-electron chi connectivity index (χ4n) is 1.24. The third kappa shape index (κ3) is 2.73. The van der Waals surface area contributed by atoms with Crippen molar-refractivity contribution in [3.63, 3.8) is 0 Å². The largest absolute Gasteiger partial charge is 0.479 e. The van der Waals surface area contributed by atoms with E-state index >= 15 is 0 Å². The number of alkyl halides is 2. The summed E-state index contributed by atoms with van der Waals surface area (Å²) in [5.41, 5.74) is -0.00130. The molecule has 15 heavy (non-hydrogen) atoms. The van der Waals surface area contributed by atoms with E-state index in [9.17, 15) is 13.6 Å². The van der Waals surface area contributed by atoms with Crippen molar-refractivity contribution in [3.05, 3.63) is 35.4 Å². The summed E-state index contributed by atoms with van der Waals surface area (Å²) in [7, 11) is 1.22. The molecule has 1 unspecified atom stereocenters. The number of rotatable bonds is 4. The average Bonchev–Trinajstić information content (AvgIpc) is 2.18. The molecule has 0 radical (unpaired) electrons. The Morgan fingerprint density at radius 2 is 2.00 bits per heavy atom. The molecule has 1 N–H and O–H groups in total. The van der Waals surface area contributed by atoms with Gasteiger partial charge in [-0.3, -0.25) is 0 Å². The molecule has 0 aromatic heterocycles. The average molecular weight is 216 g/mol. The summed E-state index contributed by atoms with van der Waals surface area (Å²) in [4.78, 5) is 10.7. The molecular weight excluding hydrogens is 206 g/mol. The Morgan fingerprint density at radius 1 is 1.40 bits per heavy atom. The predicted molar refractivity (Wildman–Crippen MR) is 48.8 cm³/mol. The first kappa shape index (κ1) is 11.6. The third-order valence-electron chi connectivity index (χ3n) is 1.93. The molecular formula is C10H10F2O3. The van der Waals surface area contributed by atoms with Crippen LogP contribution in [0.5, 0.6) is 0 Å². The lowest BCUT2D eigenvalue weighted by Gasteiger charge is -2.11.